The van der Waals surface area contributed by atoms with Crippen molar-refractivity contribution in [2.24, 2.45) is 0 Å². The molecule has 3 nitrogen and oxygen atoms in total. The van der Waals surface area contributed by atoms with Crippen molar-refractivity contribution >= 4 is 15.9 Å². The molecule has 1 aromatic carbocycles. The Morgan fingerprint density at radius 1 is 1.45 bits per heavy atom. The summed E-state index contributed by atoms with van der Waals surface area (Å²) in [7, 11) is 2.19. The first-order valence-electron chi connectivity index (χ1n) is 7.42. The Kier molecular flexibility index (Phi) is 6.02. The van der Waals surface area contributed by atoms with Crippen LogP contribution in [0.15, 0.2) is 22.7 Å². The lowest BCUT2D eigenvalue weighted by atomic mass is 9.97. The number of ether oxygens (including phenoxy) is 1. The molecular formula is C16H25BrN2O. The van der Waals surface area contributed by atoms with Crippen molar-refractivity contribution in [2.45, 2.75) is 32.4 Å². The van der Waals surface area contributed by atoms with Crippen LogP contribution in [0.4, 0.5) is 0 Å². The van der Waals surface area contributed by atoms with Crippen molar-refractivity contribution in [1.82, 2.24) is 10.2 Å². The van der Waals surface area contributed by atoms with Gasteiger partial charge in [-0.3, -0.25) is 4.90 Å². The fraction of sp³-hybridized carbons (Fsp3) is 0.625. The number of rotatable bonds is 5. The van der Waals surface area contributed by atoms with Gasteiger partial charge in [-0.15, -0.1) is 0 Å². The van der Waals surface area contributed by atoms with Gasteiger partial charge in [-0.1, -0.05) is 35.0 Å². The Morgan fingerprint density at radius 2 is 2.25 bits per heavy atom. The molecular weight excluding hydrogens is 316 g/mol. The summed E-state index contributed by atoms with van der Waals surface area (Å²) < 4.78 is 7.18. The average Bonchev–Trinajstić information content (AvgIpc) is 2.43. The molecule has 0 radical (unpaired) electrons. The molecule has 0 bridgehead atoms. The summed E-state index contributed by atoms with van der Waals surface area (Å²) in [4.78, 5) is 2.41. The Morgan fingerprint density at radius 3 is 2.95 bits per heavy atom. The van der Waals surface area contributed by atoms with Crippen LogP contribution in [0.5, 0.6) is 0 Å². The number of nitrogens with one attached hydrogen (secondary N) is 1. The highest BCUT2D eigenvalue weighted by molar-refractivity contribution is 9.10. The Balaban J connectivity index is 2.15. The average molecular weight is 341 g/mol. The zero-order valence-corrected chi connectivity index (χ0v) is 14.2. The minimum atomic E-state index is 0.223. The fourth-order valence-corrected chi connectivity index (χ4v) is 3.02. The lowest BCUT2D eigenvalue weighted by Crippen LogP contribution is -2.47. The summed E-state index contributed by atoms with van der Waals surface area (Å²) in [6.07, 6.45) is 1.38. The summed E-state index contributed by atoms with van der Waals surface area (Å²) in [5.41, 5.74) is 2.62. The number of benzene rings is 1. The van der Waals surface area contributed by atoms with Crippen molar-refractivity contribution in [2.75, 3.05) is 33.3 Å². The standard InChI is InChI=1S/C16H25BrN2O/c1-4-7-18-11-15-16(19(3)8-9-20-15)13-5-6-14(17)12(2)10-13/h5-6,10,15-16,18H,4,7-9,11H2,1-3H3. The normalized spacial score (nSPS) is 24.0. The van der Waals surface area contributed by atoms with Crippen molar-refractivity contribution in [3.05, 3.63) is 33.8 Å². The van der Waals surface area contributed by atoms with E-state index in [1.54, 1.807) is 0 Å². The first-order valence-corrected chi connectivity index (χ1v) is 8.21. The summed E-state index contributed by atoms with van der Waals surface area (Å²) in [6.45, 7) is 8.11. The van der Waals surface area contributed by atoms with Crippen LogP contribution in [-0.2, 0) is 4.74 Å². The fourth-order valence-electron chi connectivity index (χ4n) is 2.77. The molecule has 1 aromatic rings. The maximum Gasteiger partial charge on any atom is 0.0896 e. The van der Waals surface area contributed by atoms with E-state index in [1.807, 2.05) is 0 Å². The first kappa shape index (κ1) is 16.0. The smallest absolute Gasteiger partial charge is 0.0896 e. The van der Waals surface area contributed by atoms with Gasteiger partial charge in [0.25, 0.3) is 0 Å². The van der Waals surface area contributed by atoms with Gasteiger partial charge in [-0.05, 0) is 44.1 Å². The van der Waals surface area contributed by atoms with Gasteiger partial charge in [0, 0.05) is 17.6 Å². The van der Waals surface area contributed by atoms with Gasteiger partial charge in [-0.25, -0.2) is 0 Å². The van der Waals surface area contributed by atoms with Crippen LogP contribution < -0.4 is 5.32 Å². The maximum absolute atomic E-state index is 6.02. The molecule has 1 N–H and O–H groups in total. The molecule has 0 spiro atoms. The minimum Gasteiger partial charge on any atom is -0.374 e. The van der Waals surface area contributed by atoms with E-state index in [9.17, 15) is 0 Å². The van der Waals surface area contributed by atoms with E-state index in [0.29, 0.717) is 6.04 Å². The molecule has 1 aliphatic rings. The monoisotopic (exact) mass is 340 g/mol. The molecule has 0 saturated carbocycles. The van der Waals surface area contributed by atoms with Gasteiger partial charge in [-0.2, -0.15) is 0 Å². The van der Waals surface area contributed by atoms with E-state index in [-0.39, 0.29) is 6.10 Å². The predicted octanol–water partition coefficient (Wildman–Crippen LogP) is 3.13. The quantitative estimate of drug-likeness (QED) is 0.833. The third kappa shape index (κ3) is 3.82. The second-order valence-corrected chi connectivity index (χ2v) is 6.40. The van der Waals surface area contributed by atoms with Crippen LogP contribution >= 0.6 is 15.9 Å². The van der Waals surface area contributed by atoms with Crippen molar-refractivity contribution in [1.29, 1.82) is 0 Å². The van der Waals surface area contributed by atoms with E-state index < -0.39 is 0 Å². The molecule has 2 rings (SSSR count). The first-order chi connectivity index (χ1) is 9.63. The minimum absolute atomic E-state index is 0.223. The number of hydrogen-bond acceptors (Lipinski definition) is 3. The molecule has 2 unspecified atom stereocenters. The van der Waals surface area contributed by atoms with Crippen molar-refractivity contribution in [3.8, 4) is 0 Å². The van der Waals surface area contributed by atoms with Gasteiger partial charge in [0.1, 0.15) is 0 Å². The van der Waals surface area contributed by atoms with E-state index in [4.69, 9.17) is 4.74 Å². The Hall–Kier alpha value is -0.420. The Bertz CT molecular complexity index is 438. The van der Waals surface area contributed by atoms with Gasteiger partial charge < -0.3 is 10.1 Å². The summed E-state index contributed by atoms with van der Waals surface area (Å²) >= 11 is 3.58. The lowest BCUT2D eigenvalue weighted by Gasteiger charge is -2.39. The molecule has 0 amide bonds. The topological polar surface area (TPSA) is 24.5 Å². The number of halogens is 1. The molecule has 1 aliphatic heterocycles. The highest BCUT2D eigenvalue weighted by Crippen LogP contribution is 2.30. The van der Waals surface area contributed by atoms with Gasteiger partial charge in [0.15, 0.2) is 0 Å². The van der Waals surface area contributed by atoms with E-state index >= 15 is 0 Å². The van der Waals surface area contributed by atoms with Gasteiger partial charge in [0.05, 0.1) is 18.8 Å². The molecule has 1 saturated heterocycles. The van der Waals surface area contributed by atoms with Crippen LogP contribution in [0.2, 0.25) is 0 Å². The molecule has 1 fully saturated rings. The molecule has 4 heteroatoms. The van der Waals surface area contributed by atoms with Crippen LogP contribution in [0.3, 0.4) is 0 Å². The maximum atomic E-state index is 6.02. The largest absolute Gasteiger partial charge is 0.374 e. The summed E-state index contributed by atoms with van der Waals surface area (Å²) in [5, 5.41) is 3.49. The molecule has 0 aliphatic carbocycles. The summed E-state index contributed by atoms with van der Waals surface area (Å²) in [5.74, 6) is 0. The zero-order chi connectivity index (χ0) is 14.5. The SMILES string of the molecule is CCCNCC1OCCN(C)C1c1ccc(Br)c(C)c1. The highest BCUT2D eigenvalue weighted by atomic mass is 79.9. The number of morpholine rings is 1. The predicted molar refractivity (Wildman–Crippen MR) is 87.2 cm³/mol. The third-order valence-electron chi connectivity index (χ3n) is 3.90. The van der Waals surface area contributed by atoms with Crippen LogP contribution in [-0.4, -0.2) is 44.3 Å². The zero-order valence-electron chi connectivity index (χ0n) is 12.7. The molecule has 0 aromatic heterocycles. The van der Waals surface area contributed by atoms with Gasteiger partial charge >= 0.3 is 0 Å². The third-order valence-corrected chi connectivity index (χ3v) is 4.79. The molecule has 112 valence electrons. The van der Waals surface area contributed by atoms with Crippen LogP contribution in [0.1, 0.15) is 30.5 Å². The molecule has 1 heterocycles. The number of hydrogen-bond donors (Lipinski definition) is 1. The van der Waals surface area contributed by atoms with Crippen molar-refractivity contribution in [3.63, 3.8) is 0 Å². The van der Waals surface area contributed by atoms with E-state index in [1.165, 1.54) is 15.6 Å². The molecule has 2 atom stereocenters. The molecule has 20 heavy (non-hydrogen) atoms. The van der Waals surface area contributed by atoms with Crippen LogP contribution in [0, 0.1) is 6.92 Å². The second-order valence-electron chi connectivity index (χ2n) is 5.55. The Labute approximate surface area is 130 Å². The number of likely N-dealkylation sites (N-methyl/N-ethyl adjacent to an activating group) is 1. The number of nitrogens with zero attached hydrogens (tertiary/aromatic N) is 1. The van der Waals surface area contributed by atoms with E-state index in [0.717, 1.165) is 32.7 Å². The number of aryl methyl sites for hydroxylation is 1. The van der Waals surface area contributed by atoms with Crippen molar-refractivity contribution < 1.29 is 4.74 Å². The van der Waals surface area contributed by atoms with E-state index in [2.05, 4.69) is 65.2 Å². The second kappa shape index (κ2) is 7.55. The van der Waals surface area contributed by atoms with Gasteiger partial charge in [0.2, 0.25) is 0 Å². The van der Waals surface area contributed by atoms with Crippen LogP contribution in [0.25, 0.3) is 0 Å². The lowest BCUT2D eigenvalue weighted by molar-refractivity contribution is -0.0612. The highest BCUT2D eigenvalue weighted by Gasteiger charge is 2.31. The summed E-state index contributed by atoms with van der Waals surface area (Å²) in [6, 6.07) is 6.95.